The predicted octanol–water partition coefficient (Wildman–Crippen LogP) is 4.43. The monoisotopic (exact) mass is 462 g/mol. The van der Waals surface area contributed by atoms with Crippen molar-refractivity contribution in [2.45, 2.75) is 110 Å². The van der Waals surface area contributed by atoms with E-state index >= 15 is 0 Å². The summed E-state index contributed by atoms with van der Waals surface area (Å²) in [5, 5.41) is 22.8. The molecule has 10 atom stereocenters. The number of hydrogen-bond donors (Lipinski definition) is 4. The van der Waals surface area contributed by atoms with E-state index in [2.05, 4.69) is 26.1 Å². The van der Waals surface area contributed by atoms with Crippen molar-refractivity contribution >= 4 is 11.8 Å². The molecule has 0 aliphatic heterocycles. The quantitative estimate of drug-likeness (QED) is 0.347. The maximum atomic E-state index is 12.4. The largest absolute Gasteiger partial charge is 0.393 e. The molecule has 6 heteroatoms. The molecule has 0 heterocycles. The molecule has 4 aliphatic rings. The molecule has 0 saturated heterocycles. The summed E-state index contributed by atoms with van der Waals surface area (Å²) in [7, 11) is 0. The van der Waals surface area contributed by atoms with Gasteiger partial charge in [-0.25, -0.2) is 5.48 Å². The first-order valence-electron chi connectivity index (χ1n) is 13.5. The maximum absolute atomic E-state index is 12.4. The van der Waals surface area contributed by atoms with Crippen LogP contribution in [0.25, 0.3) is 0 Å². The van der Waals surface area contributed by atoms with Crippen LogP contribution in [-0.4, -0.2) is 34.3 Å². The summed E-state index contributed by atoms with van der Waals surface area (Å²) in [4.78, 5) is 23.8. The Labute approximate surface area is 199 Å². The van der Waals surface area contributed by atoms with Gasteiger partial charge in [0.25, 0.3) is 5.91 Å². The van der Waals surface area contributed by atoms with Gasteiger partial charge in [-0.05, 0) is 105 Å². The summed E-state index contributed by atoms with van der Waals surface area (Å²) < 4.78 is 0. The van der Waals surface area contributed by atoms with Crippen LogP contribution in [0.1, 0.15) is 98.3 Å². The fraction of sp³-hybridized carbons (Fsp3) is 0.926. The normalized spacial score (nSPS) is 44.1. The number of amides is 2. The van der Waals surface area contributed by atoms with Gasteiger partial charge < -0.3 is 10.4 Å². The summed E-state index contributed by atoms with van der Waals surface area (Å²) >= 11 is 0. The molecule has 0 aromatic rings. The lowest BCUT2D eigenvalue weighted by Gasteiger charge is -2.62. The number of fused-ring (bicyclic) bond motifs is 5. The minimum atomic E-state index is -0.737. The predicted molar refractivity (Wildman–Crippen MR) is 127 cm³/mol. The highest BCUT2D eigenvalue weighted by Crippen LogP contribution is 2.68. The van der Waals surface area contributed by atoms with Crippen molar-refractivity contribution in [3.8, 4) is 0 Å². The summed E-state index contributed by atoms with van der Waals surface area (Å²) in [6, 6.07) is -0.737. The highest BCUT2D eigenvalue weighted by Gasteiger charge is 2.62. The molecule has 0 aromatic heterocycles. The second-order valence-electron chi connectivity index (χ2n) is 12.6. The molecule has 4 saturated carbocycles. The Morgan fingerprint density at radius 2 is 1.73 bits per heavy atom. The molecular formula is C27H46N2O4. The van der Waals surface area contributed by atoms with E-state index in [4.69, 9.17) is 5.21 Å². The average molecular weight is 463 g/mol. The van der Waals surface area contributed by atoms with Crippen LogP contribution >= 0.6 is 0 Å². The highest BCUT2D eigenvalue weighted by atomic mass is 16.5. The van der Waals surface area contributed by atoms with Gasteiger partial charge in [0, 0.05) is 6.42 Å². The van der Waals surface area contributed by atoms with Crippen LogP contribution in [0.5, 0.6) is 0 Å². The fourth-order valence-corrected chi connectivity index (χ4v) is 9.27. The van der Waals surface area contributed by atoms with E-state index in [-0.39, 0.29) is 17.4 Å². The number of rotatable bonds is 6. The Balaban J connectivity index is 1.41. The first kappa shape index (κ1) is 25.0. The zero-order valence-corrected chi connectivity index (χ0v) is 21.1. The summed E-state index contributed by atoms with van der Waals surface area (Å²) in [5.74, 6) is 2.70. The minimum Gasteiger partial charge on any atom is -0.393 e. The third-order valence-electron chi connectivity index (χ3n) is 11.1. The van der Waals surface area contributed by atoms with E-state index < -0.39 is 11.9 Å². The number of hydroxylamine groups is 1. The first-order chi connectivity index (χ1) is 15.6. The van der Waals surface area contributed by atoms with E-state index in [1.165, 1.54) is 51.4 Å². The highest BCUT2D eigenvalue weighted by molar-refractivity contribution is 5.86. The SMILES string of the molecule is C[C@H](CCC(=O)N[C@H](C)C(=O)NO)C1CCC2C3C(CCC21C)C1(C)CCCCC1C[C@@H]3O. The van der Waals surface area contributed by atoms with Crippen LogP contribution in [0.4, 0.5) is 0 Å². The molecule has 188 valence electrons. The van der Waals surface area contributed by atoms with Crippen molar-refractivity contribution in [3.05, 3.63) is 0 Å². The van der Waals surface area contributed by atoms with Crippen LogP contribution in [-0.2, 0) is 9.59 Å². The van der Waals surface area contributed by atoms with E-state index in [9.17, 15) is 14.7 Å². The first-order valence-corrected chi connectivity index (χ1v) is 13.5. The van der Waals surface area contributed by atoms with Gasteiger partial charge in [-0.3, -0.25) is 14.8 Å². The van der Waals surface area contributed by atoms with Crippen LogP contribution < -0.4 is 10.8 Å². The van der Waals surface area contributed by atoms with Gasteiger partial charge in [-0.1, -0.05) is 33.6 Å². The third kappa shape index (κ3) is 4.35. The molecule has 0 bridgehead atoms. The van der Waals surface area contributed by atoms with Gasteiger partial charge in [-0.15, -0.1) is 0 Å². The number of aliphatic hydroxyl groups is 1. The molecule has 4 aliphatic carbocycles. The molecule has 2 amide bonds. The van der Waals surface area contributed by atoms with Crippen LogP contribution in [0.15, 0.2) is 0 Å². The molecule has 7 unspecified atom stereocenters. The van der Waals surface area contributed by atoms with Gasteiger partial charge in [-0.2, -0.15) is 0 Å². The van der Waals surface area contributed by atoms with Crippen molar-refractivity contribution < 1.29 is 19.9 Å². The van der Waals surface area contributed by atoms with Crippen LogP contribution in [0, 0.1) is 46.3 Å². The molecule has 0 radical (unpaired) electrons. The lowest BCUT2D eigenvalue weighted by atomic mass is 9.44. The number of nitrogens with one attached hydrogen (secondary N) is 2. The fourth-order valence-electron chi connectivity index (χ4n) is 9.27. The van der Waals surface area contributed by atoms with E-state index in [0.717, 1.165) is 12.8 Å². The summed E-state index contributed by atoms with van der Waals surface area (Å²) in [6.45, 7) is 8.89. The number of carbonyl (C=O) groups excluding carboxylic acids is 2. The van der Waals surface area contributed by atoms with Crippen molar-refractivity contribution in [3.63, 3.8) is 0 Å². The summed E-state index contributed by atoms with van der Waals surface area (Å²) in [6.07, 6.45) is 12.3. The molecule has 0 spiro atoms. The molecule has 4 fully saturated rings. The third-order valence-corrected chi connectivity index (χ3v) is 11.1. The maximum Gasteiger partial charge on any atom is 0.265 e. The van der Waals surface area contributed by atoms with Crippen molar-refractivity contribution in [1.29, 1.82) is 0 Å². The zero-order chi connectivity index (χ0) is 24.0. The summed E-state index contributed by atoms with van der Waals surface area (Å²) in [5.41, 5.74) is 2.26. The lowest BCUT2D eigenvalue weighted by Crippen LogP contribution is -2.57. The van der Waals surface area contributed by atoms with Gasteiger partial charge >= 0.3 is 0 Å². The molecule has 0 aromatic carbocycles. The second-order valence-corrected chi connectivity index (χ2v) is 12.6. The Kier molecular flexibility index (Phi) is 7.18. The smallest absolute Gasteiger partial charge is 0.265 e. The van der Waals surface area contributed by atoms with Crippen molar-refractivity contribution in [2.24, 2.45) is 46.3 Å². The molecular weight excluding hydrogens is 416 g/mol. The van der Waals surface area contributed by atoms with Gasteiger partial charge in [0.15, 0.2) is 0 Å². The Bertz CT molecular complexity index is 744. The number of carbonyl (C=O) groups is 2. The lowest BCUT2D eigenvalue weighted by molar-refractivity contribution is -0.164. The second kappa shape index (κ2) is 9.49. The number of hydrogen-bond acceptors (Lipinski definition) is 4. The van der Waals surface area contributed by atoms with Gasteiger partial charge in [0.2, 0.25) is 5.91 Å². The molecule has 6 nitrogen and oxygen atoms in total. The zero-order valence-electron chi connectivity index (χ0n) is 21.1. The van der Waals surface area contributed by atoms with E-state index in [1.54, 1.807) is 12.4 Å². The Morgan fingerprint density at radius 1 is 1.00 bits per heavy atom. The van der Waals surface area contributed by atoms with Gasteiger partial charge in [0.1, 0.15) is 6.04 Å². The Hall–Kier alpha value is -1.14. The molecule has 33 heavy (non-hydrogen) atoms. The number of aliphatic hydroxyl groups excluding tert-OH is 1. The van der Waals surface area contributed by atoms with Crippen LogP contribution in [0.2, 0.25) is 0 Å². The molecule has 4 rings (SSSR count). The molecule has 4 N–H and O–H groups in total. The Morgan fingerprint density at radius 3 is 2.45 bits per heavy atom. The van der Waals surface area contributed by atoms with E-state index in [1.807, 2.05) is 0 Å². The van der Waals surface area contributed by atoms with Crippen LogP contribution in [0.3, 0.4) is 0 Å². The van der Waals surface area contributed by atoms with Crippen molar-refractivity contribution in [2.75, 3.05) is 0 Å². The van der Waals surface area contributed by atoms with Crippen molar-refractivity contribution in [1.82, 2.24) is 10.8 Å². The average Bonchev–Trinajstić information content (AvgIpc) is 3.14. The van der Waals surface area contributed by atoms with E-state index in [0.29, 0.717) is 47.3 Å². The van der Waals surface area contributed by atoms with Gasteiger partial charge in [0.05, 0.1) is 6.10 Å². The topological polar surface area (TPSA) is 98.7 Å². The standard InChI is InChI=1S/C27H46N2O4/c1-16(8-11-23(31)28-17(2)25(32)29-33)19-9-10-20-24-21(12-14-27(19,20)4)26(3)13-6-5-7-18(26)15-22(24)30/h16-22,24,30,33H,5-15H2,1-4H3,(H,28,31)(H,29,32)/t16-,17-,18?,19?,20?,21?,22+,24?,26?,27?/m1/s1. The minimum absolute atomic E-state index is 0.139.